The molecular formula is C21H25N3O2S2. The summed E-state index contributed by atoms with van der Waals surface area (Å²) in [6.07, 6.45) is 8.81. The number of hydrogen-bond acceptors (Lipinski definition) is 4. The molecule has 1 aliphatic rings. The topological polar surface area (TPSA) is 54.7 Å². The number of likely N-dealkylation sites (tertiary alicyclic amines) is 1. The minimum atomic E-state index is -0.237. The van der Waals surface area contributed by atoms with Crippen molar-refractivity contribution in [2.24, 2.45) is 4.99 Å². The molecule has 1 aromatic heterocycles. The maximum Gasteiger partial charge on any atom is 0.258 e. The van der Waals surface area contributed by atoms with Gasteiger partial charge >= 0.3 is 0 Å². The van der Waals surface area contributed by atoms with Crippen LogP contribution in [0.1, 0.15) is 31.7 Å². The van der Waals surface area contributed by atoms with E-state index in [0.29, 0.717) is 23.1 Å². The molecule has 0 radical (unpaired) electrons. The van der Waals surface area contributed by atoms with Crippen LogP contribution in [0, 0.1) is 19.3 Å². The molecule has 0 N–H and O–H groups in total. The van der Waals surface area contributed by atoms with E-state index in [-0.39, 0.29) is 17.6 Å². The van der Waals surface area contributed by atoms with Crippen LogP contribution >= 0.6 is 23.1 Å². The van der Waals surface area contributed by atoms with Gasteiger partial charge in [-0.2, -0.15) is 4.99 Å². The largest absolute Gasteiger partial charge is 0.339 e. The number of nitrogens with zero attached hydrogens (tertiary/aromatic N) is 3. The molecule has 0 saturated carbocycles. The number of aryl methyl sites for hydroxylation is 1. The quantitative estimate of drug-likeness (QED) is 0.705. The van der Waals surface area contributed by atoms with Crippen molar-refractivity contribution in [2.75, 3.05) is 18.1 Å². The van der Waals surface area contributed by atoms with Crippen LogP contribution in [0.15, 0.2) is 23.2 Å². The SMILES string of the molecule is C#CCn1c(=NC(=O)CSCC(=O)N2CCCC[C@@H]2C)sc2cc(C)ccc21. The van der Waals surface area contributed by atoms with Gasteiger partial charge in [-0.15, -0.1) is 18.2 Å². The summed E-state index contributed by atoms with van der Waals surface area (Å²) in [6.45, 7) is 5.32. The predicted octanol–water partition coefficient (Wildman–Crippen LogP) is 3.21. The highest BCUT2D eigenvalue weighted by Crippen LogP contribution is 2.19. The minimum absolute atomic E-state index is 0.115. The molecule has 2 aromatic rings. The Hall–Kier alpha value is -2.04. The lowest BCUT2D eigenvalue weighted by atomic mass is 10.0. The maximum absolute atomic E-state index is 12.4. The number of amides is 2. The molecule has 0 bridgehead atoms. The van der Waals surface area contributed by atoms with Crippen molar-refractivity contribution in [2.45, 2.75) is 45.7 Å². The van der Waals surface area contributed by atoms with Crippen molar-refractivity contribution in [1.82, 2.24) is 9.47 Å². The summed E-state index contributed by atoms with van der Waals surface area (Å²) in [5.41, 5.74) is 2.14. The third-order valence-electron chi connectivity index (χ3n) is 4.88. The third kappa shape index (κ3) is 4.86. The molecule has 3 rings (SSSR count). The van der Waals surface area contributed by atoms with Crippen LogP contribution < -0.4 is 4.80 Å². The average Bonchev–Trinajstić information content (AvgIpc) is 2.98. The first kappa shape index (κ1) is 20.7. The lowest BCUT2D eigenvalue weighted by Crippen LogP contribution is -2.43. The Labute approximate surface area is 173 Å². The van der Waals surface area contributed by atoms with Gasteiger partial charge in [-0.05, 0) is 50.8 Å². The predicted molar refractivity (Wildman–Crippen MR) is 116 cm³/mol. The number of piperidine rings is 1. The Morgan fingerprint density at radius 3 is 2.93 bits per heavy atom. The number of hydrogen-bond donors (Lipinski definition) is 0. The third-order valence-corrected chi connectivity index (χ3v) is 6.83. The second-order valence-electron chi connectivity index (χ2n) is 7.08. The van der Waals surface area contributed by atoms with E-state index in [1.807, 2.05) is 28.5 Å². The normalized spacial score (nSPS) is 17.7. The smallest absolute Gasteiger partial charge is 0.258 e. The van der Waals surface area contributed by atoms with Gasteiger partial charge in [0.1, 0.15) is 0 Å². The lowest BCUT2D eigenvalue weighted by molar-refractivity contribution is -0.131. The second-order valence-corrected chi connectivity index (χ2v) is 9.07. The molecular weight excluding hydrogens is 390 g/mol. The zero-order valence-corrected chi connectivity index (χ0v) is 17.9. The number of aromatic nitrogens is 1. The number of fused-ring (bicyclic) bond motifs is 1. The molecule has 2 heterocycles. The van der Waals surface area contributed by atoms with Crippen molar-refractivity contribution in [3.63, 3.8) is 0 Å². The Bertz CT molecular complexity index is 984. The van der Waals surface area contributed by atoms with Crippen LogP contribution in [0.5, 0.6) is 0 Å². The Kier molecular flexibility index (Phi) is 6.97. The van der Waals surface area contributed by atoms with E-state index in [1.165, 1.54) is 29.5 Å². The highest BCUT2D eigenvalue weighted by Gasteiger charge is 2.22. The van der Waals surface area contributed by atoms with Gasteiger partial charge in [0.2, 0.25) is 5.91 Å². The van der Waals surface area contributed by atoms with Crippen molar-refractivity contribution in [3.05, 3.63) is 28.6 Å². The second kappa shape index (κ2) is 9.44. The van der Waals surface area contributed by atoms with Gasteiger partial charge in [0.25, 0.3) is 5.91 Å². The van der Waals surface area contributed by atoms with Gasteiger partial charge in [0.05, 0.1) is 28.3 Å². The molecule has 28 heavy (non-hydrogen) atoms. The van der Waals surface area contributed by atoms with Crippen LogP contribution in [0.25, 0.3) is 10.2 Å². The van der Waals surface area contributed by atoms with E-state index in [1.54, 1.807) is 0 Å². The fraction of sp³-hybridized carbons (Fsp3) is 0.476. The number of terminal acetylenes is 1. The van der Waals surface area contributed by atoms with Gasteiger partial charge < -0.3 is 9.47 Å². The number of carbonyl (C=O) groups excluding carboxylic acids is 2. The summed E-state index contributed by atoms with van der Waals surface area (Å²) in [4.78, 5) is 31.6. The van der Waals surface area contributed by atoms with Gasteiger partial charge in [0.15, 0.2) is 4.80 Å². The zero-order valence-electron chi connectivity index (χ0n) is 16.3. The summed E-state index contributed by atoms with van der Waals surface area (Å²) in [5, 5.41) is 0. The Morgan fingerprint density at radius 1 is 1.36 bits per heavy atom. The van der Waals surface area contributed by atoms with Crippen molar-refractivity contribution < 1.29 is 9.59 Å². The molecule has 1 aliphatic heterocycles. The van der Waals surface area contributed by atoms with Gasteiger partial charge in [-0.1, -0.05) is 23.3 Å². The van der Waals surface area contributed by atoms with Gasteiger partial charge in [-0.25, -0.2) is 0 Å². The first-order chi connectivity index (χ1) is 13.5. The molecule has 0 spiro atoms. The van der Waals surface area contributed by atoms with Gasteiger partial charge in [-0.3, -0.25) is 9.59 Å². The van der Waals surface area contributed by atoms with E-state index in [2.05, 4.69) is 23.9 Å². The molecule has 0 aliphatic carbocycles. The molecule has 0 unspecified atom stereocenters. The van der Waals surface area contributed by atoms with Crippen LogP contribution in [0.3, 0.4) is 0 Å². The molecule has 1 fully saturated rings. The fourth-order valence-electron chi connectivity index (χ4n) is 3.43. The number of rotatable bonds is 5. The van der Waals surface area contributed by atoms with E-state index in [4.69, 9.17) is 6.42 Å². The van der Waals surface area contributed by atoms with Gasteiger partial charge in [0, 0.05) is 12.6 Å². The lowest BCUT2D eigenvalue weighted by Gasteiger charge is -2.33. The molecule has 148 valence electrons. The standard InChI is InChI=1S/C21H25N3O2S2/c1-4-10-24-17-9-8-15(2)12-18(17)28-21(24)22-19(25)13-27-14-20(26)23-11-6-5-7-16(23)3/h1,8-9,12,16H,5-7,10-11,13-14H2,2-3H3/t16-/m0/s1. The van der Waals surface area contributed by atoms with E-state index in [9.17, 15) is 9.59 Å². The first-order valence-corrected chi connectivity index (χ1v) is 11.4. The molecule has 2 amide bonds. The summed E-state index contributed by atoms with van der Waals surface area (Å²) in [5.74, 6) is 3.02. The number of thiazole rings is 1. The Morgan fingerprint density at radius 2 is 2.18 bits per heavy atom. The molecule has 1 saturated heterocycles. The van der Waals surface area contributed by atoms with Crippen LogP contribution in [-0.2, 0) is 16.1 Å². The van der Waals surface area contributed by atoms with Crippen LogP contribution in [0.4, 0.5) is 0 Å². The molecule has 5 nitrogen and oxygen atoms in total. The van der Waals surface area contributed by atoms with Crippen molar-refractivity contribution in [1.29, 1.82) is 0 Å². The van der Waals surface area contributed by atoms with E-state index < -0.39 is 0 Å². The van der Waals surface area contributed by atoms with Crippen molar-refractivity contribution >= 4 is 45.1 Å². The van der Waals surface area contributed by atoms with E-state index >= 15 is 0 Å². The Balaban J connectivity index is 1.66. The molecule has 1 aromatic carbocycles. The summed E-state index contributed by atoms with van der Waals surface area (Å²) < 4.78 is 2.95. The zero-order chi connectivity index (χ0) is 20.1. The molecule has 1 atom stereocenters. The number of carbonyl (C=O) groups is 2. The highest BCUT2D eigenvalue weighted by atomic mass is 32.2. The monoisotopic (exact) mass is 415 g/mol. The van der Waals surface area contributed by atoms with Crippen molar-refractivity contribution in [3.8, 4) is 12.3 Å². The maximum atomic E-state index is 12.4. The summed E-state index contributed by atoms with van der Waals surface area (Å²) >= 11 is 2.80. The highest BCUT2D eigenvalue weighted by molar-refractivity contribution is 8.00. The van der Waals surface area contributed by atoms with Crippen LogP contribution in [0.2, 0.25) is 0 Å². The number of benzene rings is 1. The van der Waals surface area contributed by atoms with Crippen LogP contribution in [-0.4, -0.2) is 45.4 Å². The van der Waals surface area contributed by atoms with E-state index in [0.717, 1.165) is 35.2 Å². The fourth-order valence-corrected chi connectivity index (χ4v) is 5.25. The summed E-state index contributed by atoms with van der Waals surface area (Å²) in [6, 6.07) is 6.40. The summed E-state index contributed by atoms with van der Waals surface area (Å²) in [7, 11) is 0. The minimum Gasteiger partial charge on any atom is -0.339 e. The number of thioether (sulfide) groups is 1. The molecule has 7 heteroatoms. The average molecular weight is 416 g/mol. The first-order valence-electron chi connectivity index (χ1n) is 9.48.